The lowest BCUT2D eigenvalue weighted by molar-refractivity contribution is 0.0695. The predicted octanol–water partition coefficient (Wildman–Crippen LogP) is 2.77. The molecule has 0 aliphatic carbocycles. The van der Waals surface area contributed by atoms with Crippen LogP contribution in [0.5, 0.6) is 0 Å². The highest BCUT2D eigenvalue weighted by atomic mass is 32.2. The van der Waals surface area contributed by atoms with Crippen molar-refractivity contribution < 1.29 is 18.3 Å². The fourth-order valence-electron chi connectivity index (χ4n) is 1.85. The van der Waals surface area contributed by atoms with Crippen LogP contribution in [0.2, 0.25) is 0 Å². The van der Waals surface area contributed by atoms with Gasteiger partial charge in [-0.25, -0.2) is 13.2 Å². The normalized spacial score (nSPS) is 13.2. The van der Waals surface area contributed by atoms with Crippen molar-refractivity contribution in [2.75, 3.05) is 5.75 Å². The molecule has 1 aromatic carbocycles. The molecular weight excluding hydrogens is 264 g/mol. The lowest BCUT2D eigenvalue weighted by Gasteiger charge is -2.11. The number of carboxylic acid groups (broad SMARTS) is 1. The molecule has 0 heterocycles. The van der Waals surface area contributed by atoms with Crippen LogP contribution in [0, 0.1) is 5.92 Å². The maximum Gasteiger partial charge on any atom is 0.336 e. The first kappa shape index (κ1) is 15.7. The number of aromatic carboxylic acids is 1. The van der Waals surface area contributed by atoms with E-state index in [0.717, 1.165) is 6.42 Å². The minimum Gasteiger partial charge on any atom is -0.478 e. The van der Waals surface area contributed by atoms with Gasteiger partial charge in [0.1, 0.15) is 0 Å². The Morgan fingerprint density at radius 1 is 1.32 bits per heavy atom. The molecule has 4 nitrogen and oxygen atoms in total. The zero-order chi connectivity index (χ0) is 14.6. The standard InChI is InChI=1S/C14H20O4S/c1-4-10(3)9-19(17,18)12-7-6-11(5-2)13(8-12)14(15)16/h6-8,10H,4-5,9H2,1-3H3,(H,15,16). The highest BCUT2D eigenvalue weighted by Crippen LogP contribution is 2.20. The maximum atomic E-state index is 12.2. The molecule has 0 spiro atoms. The van der Waals surface area contributed by atoms with E-state index in [4.69, 9.17) is 5.11 Å². The van der Waals surface area contributed by atoms with Crippen LogP contribution < -0.4 is 0 Å². The Bertz CT molecular complexity index is 561. The average Bonchev–Trinajstić information content (AvgIpc) is 2.37. The van der Waals surface area contributed by atoms with Crippen LogP contribution in [-0.4, -0.2) is 25.2 Å². The third-order valence-electron chi connectivity index (χ3n) is 3.25. The number of aryl methyl sites for hydroxylation is 1. The van der Waals surface area contributed by atoms with Gasteiger partial charge in [0.15, 0.2) is 9.84 Å². The molecule has 19 heavy (non-hydrogen) atoms. The van der Waals surface area contributed by atoms with Gasteiger partial charge in [0.2, 0.25) is 0 Å². The van der Waals surface area contributed by atoms with E-state index in [1.54, 1.807) is 6.07 Å². The van der Waals surface area contributed by atoms with Crippen molar-refractivity contribution in [3.63, 3.8) is 0 Å². The van der Waals surface area contributed by atoms with E-state index in [1.807, 2.05) is 20.8 Å². The van der Waals surface area contributed by atoms with Crippen molar-refractivity contribution in [1.82, 2.24) is 0 Å². The van der Waals surface area contributed by atoms with Crippen LogP contribution >= 0.6 is 0 Å². The Morgan fingerprint density at radius 3 is 2.42 bits per heavy atom. The van der Waals surface area contributed by atoms with Crippen LogP contribution in [0.25, 0.3) is 0 Å². The fourth-order valence-corrected chi connectivity index (χ4v) is 3.60. The molecule has 0 aliphatic heterocycles. The number of carbonyl (C=O) groups is 1. The maximum absolute atomic E-state index is 12.2. The highest BCUT2D eigenvalue weighted by molar-refractivity contribution is 7.91. The summed E-state index contributed by atoms with van der Waals surface area (Å²) in [5.74, 6) is -0.977. The summed E-state index contributed by atoms with van der Waals surface area (Å²) < 4.78 is 24.4. The molecule has 0 radical (unpaired) electrons. The Labute approximate surface area is 114 Å². The molecule has 0 saturated heterocycles. The second-order valence-electron chi connectivity index (χ2n) is 4.77. The summed E-state index contributed by atoms with van der Waals surface area (Å²) in [6.07, 6.45) is 1.34. The molecule has 0 saturated carbocycles. The molecule has 0 amide bonds. The molecule has 0 aliphatic rings. The number of hydrogen-bond acceptors (Lipinski definition) is 3. The fraction of sp³-hybridized carbons (Fsp3) is 0.500. The van der Waals surface area contributed by atoms with Crippen molar-refractivity contribution in [3.05, 3.63) is 29.3 Å². The van der Waals surface area contributed by atoms with Crippen molar-refractivity contribution in [2.45, 2.75) is 38.5 Å². The van der Waals surface area contributed by atoms with E-state index in [9.17, 15) is 13.2 Å². The van der Waals surface area contributed by atoms with Gasteiger partial charge >= 0.3 is 5.97 Å². The second kappa shape index (κ2) is 6.19. The summed E-state index contributed by atoms with van der Waals surface area (Å²) in [6.45, 7) is 5.65. The molecule has 106 valence electrons. The lowest BCUT2D eigenvalue weighted by Crippen LogP contribution is -2.14. The number of carboxylic acids is 1. The third kappa shape index (κ3) is 3.80. The molecule has 0 aromatic heterocycles. The zero-order valence-electron chi connectivity index (χ0n) is 11.5. The summed E-state index contributed by atoms with van der Waals surface area (Å²) in [5, 5.41) is 9.12. The zero-order valence-corrected chi connectivity index (χ0v) is 12.3. The summed E-state index contributed by atoms with van der Waals surface area (Å²) >= 11 is 0. The Balaban J connectivity index is 3.22. The molecule has 1 atom stereocenters. The monoisotopic (exact) mass is 284 g/mol. The van der Waals surface area contributed by atoms with Gasteiger partial charge in [-0.05, 0) is 30.0 Å². The Morgan fingerprint density at radius 2 is 1.95 bits per heavy atom. The quantitative estimate of drug-likeness (QED) is 0.872. The van der Waals surface area contributed by atoms with E-state index < -0.39 is 15.8 Å². The minimum absolute atomic E-state index is 0.0496. The minimum atomic E-state index is -3.42. The summed E-state index contributed by atoms with van der Waals surface area (Å²) in [5.41, 5.74) is 0.725. The van der Waals surface area contributed by atoms with Gasteiger partial charge in [-0.1, -0.05) is 33.3 Å². The first-order valence-corrected chi connectivity index (χ1v) is 8.06. The van der Waals surface area contributed by atoms with E-state index in [1.165, 1.54) is 12.1 Å². The van der Waals surface area contributed by atoms with Crippen molar-refractivity contribution >= 4 is 15.8 Å². The molecule has 5 heteroatoms. The number of rotatable bonds is 6. The van der Waals surface area contributed by atoms with Crippen molar-refractivity contribution in [3.8, 4) is 0 Å². The van der Waals surface area contributed by atoms with Gasteiger partial charge in [-0.15, -0.1) is 0 Å². The number of sulfone groups is 1. The van der Waals surface area contributed by atoms with Crippen LogP contribution in [0.3, 0.4) is 0 Å². The van der Waals surface area contributed by atoms with E-state index in [2.05, 4.69) is 0 Å². The van der Waals surface area contributed by atoms with Gasteiger partial charge in [0, 0.05) is 0 Å². The highest BCUT2D eigenvalue weighted by Gasteiger charge is 2.20. The van der Waals surface area contributed by atoms with Crippen LogP contribution in [-0.2, 0) is 16.3 Å². The molecule has 1 rings (SSSR count). The van der Waals surface area contributed by atoms with Crippen molar-refractivity contribution in [1.29, 1.82) is 0 Å². The molecule has 1 aromatic rings. The number of hydrogen-bond donors (Lipinski definition) is 1. The SMILES string of the molecule is CCc1ccc(S(=O)(=O)CC(C)CC)cc1C(=O)O. The molecule has 0 bridgehead atoms. The smallest absolute Gasteiger partial charge is 0.336 e. The van der Waals surface area contributed by atoms with E-state index in [-0.39, 0.29) is 22.1 Å². The van der Waals surface area contributed by atoms with Crippen LogP contribution in [0.15, 0.2) is 23.1 Å². The summed E-state index contributed by atoms with van der Waals surface area (Å²) in [7, 11) is -3.42. The van der Waals surface area contributed by atoms with Crippen molar-refractivity contribution in [2.24, 2.45) is 5.92 Å². The summed E-state index contributed by atoms with van der Waals surface area (Å²) in [6, 6.07) is 4.37. The number of benzene rings is 1. The predicted molar refractivity (Wildman–Crippen MR) is 74.3 cm³/mol. The topological polar surface area (TPSA) is 71.4 Å². The first-order chi connectivity index (χ1) is 8.81. The van der Waals surface area contributed by atoms with Gasteiger partial charge in [0.05, 0.1) is 16.2 Å². The van der Waals surface area contributed by atoms with Gasteiger partial charge in [-0.2, -0.15) is 0 Å². The summed E-state index contributed by atoms with van der Waals surface area (Å²) in [4.78, 5) is 11.2. The van der Waals surface area contributed by atoms with Crippen LogP contribution in [0.1, 0.15) is 43.1 Å². The van der Waals surface area contributed by atoms with Gasteiger partial charge in [0.25, 0.3) is 0 Å². The van der Waals surface area contributed by atoms with Gasteiger partial charge in [-0.3, -0.25) is 0 Å². The molecular formula is C14H20O4S. The molecule has 0 fully saturated rings. The molecule has 1 N–H and O–H groups in total. The Kier molecular flexibility index (Phi) is 5.11. The van der Waals surface area contributed by atoms with Crippen LogP contribution in [0.4, 0.5) is 0 Å². The molecule has 1 unspecified atom stereocenters. The lowest BCUT2D eigenvalue weighted by atomic mass is 10.1. The Hall–Kier alpha value is -1.36. The first-order valence-electron chi connectivity index (χ1n) is 6.40. The third-order valence-corrected chi connectivity index (χ3v) is 5.23. The van der Waals surface area contributed by atoms with Gasteiger partial charge < -0.3 is 5.11 Å². The van der Waals surface area contributed by atoms with E-state index >= 15 is 0 Å². The second-order valence-corrected chi connectivity index (χ2v) is 6.81. The largest absolute Gasteiger partial charge is 0.478 e. The van der Waals surface area contributed by atoms with E-state index in [0.29, 0.717) is 12.0 Å². The average molecular weight is 284 g/mol.